The number of hydrogen-bond acceptors (Lipinski definition) is 8. The molecule has 1 amide bonds. The van der Waals surface area contributed by atoms with Gasteiger partial charge in [-0.25, -0.2) is 4.39 Å². The topological polar surface area (TPSA) is 95.6 Å². The highest BCUT2D eigenvalue weighted by molar-refractivity contribution is 8.26. The van der Waals surface area contributed by atoms with E-state index in [0.717, 1.165) is 23.7 Å². The first kappa shape index (κ1) is 28.5. The third-order valence-corrected chi connectivity index (χ3v) is 8.28. The summed E-state index contributed by atoms with van der Waals surface area (Å²) in [5, 5.41) is 9.81. The van der Waals surface area contributed by atoms with E-state index >= 15 is 0 Å². The standard InChI is InChI=1S/C28H29FN4O4S2/c1-4-32-24(31-12-6-7-19(16-31)27(36)37-5-2)21(17(3)22(14-30)25(32)34)13-23-26(35)33(28(38)39-23)15-18-8-10-20(29)11-9-18/h8-11,13,19H,4-7,12,15-16H2,1-3H3. The summed E-state index contributed by atoms with van der Waals surface area (Å²) in [5.41, 5.74) is 1.36. The number of amides is 1. The van der Waals surface area contributed by atoms with Crippen molar-refractivity contribution >= 4 is 52.1 Å². The summed E-state index contributed by atoms with van der Waals surface area (Å²) in [6.07, 6.45) is 3.09. The average molecular weight is 569 g/mol. The minimum Gasteiger partial charge on any atom is -0.466 e. The minimum absolute atomic E-state index is 0.00703. The van der Waals surface area contributed by atoms with Crippen LogP contribution < -0.4 is 10.5 Å². The first-order valence-corrected chi connectivity index (χ1v) is 14.0. The number of thiocarbonyl (C=S) groups is 1. The van der Waals surface area contributed by atoms with Gasteiger partial charge in [0.1, 0.15) is 27.6 Å². The van der Waals surface area contributed by atoms with Gasteiger partial charge < -0.3 is 9.64 Å². The molecule has 1 atom stereocenters. The van der Waals surface area contributed by atoms with Crippen LogP contribution in [0.4, 0.5) is 10.2 Å². The van der Waals surface area contributed by atoms with Crippen LogP contribution in [0.3, 0.4) is 0 Å². The molecule has 2 saturated heterocycles. The number of hydrogen-bond donors (Lipinski definition) is 0. The lowest BCUT2D eigenvalue weighted by molar-refractivity contribution is -0.148. The zero-order valence-corrected chi connectivity index (χ0v) is 23.7. The fraction of sp³-hybridized carbons (Fsp3) is 0.393. The number of piperidine rings is 1. The highest BCUT2D eigenvalue weighted by Gasteiger charge is 2.34. The van der Waals surface area contributed by atoms with Gasteiger partial charge >= 0.3 is 5.97 Å². The van der Waals surface area contributed by atoms with Crippen LogP contribution in [0.5, 0.6) is 0 Å². The van der Waals surface area contributed by atoms with Crippen LogP contribution in [0.2, 0.25) is 0 Å². The van der Waals surface area contributed by atoms with E-state index in [2.05, 4.69) is 0 Å². The summed E-state index contributed by atoms with van der Waals surface area (Å²) in [4.78, 5) is 43.1. The number of esters is 1. The average Bonchev–Trinajstić information content (AvgIpc) is 3.19. The molecule has 3 heterocycles. The molecular weight excluding hydrogens is 539 g/mol. The maximum atomic E-state index is 13.4. The maximum absolute atomic E-state index is 13.4. The van der Waals surface area contributed by atoms with Crippen LogP contribution in [-0.2, 0) is 27.4 Å². The summed E-state index contributed by atoms with van der Waals surface area (Å²) in [5.74, 6) is -0.737. The van der Waals surface area contributed by atoms with Crippen LogP contribution in [0, 0.1) is 30.0 Å². The molecule has 2 aliphatic rings. The number of aromatic nitrogens is 1. The van der Waals surface area contributed by atoms with E-state index < -0.39 is 5.56 Å². The van der Waals surface area contributed by atoms with Gasteiger partial charge in [-0.15, -0.1) is 0 Å². The number of halogens is 1. The Bertz CT molecular complexity index is 1450. The number of anilines is 1. The molecule has 2 aromatic rings. The lowest BCUT2D eigenvalue weighted by atomic mass is 9.96. The summed E-state index contributed by atoms with van der Waals surface area (Å²) < 4.78 is 20.5. The number of rotatable bonds is 7. The van der Waals surface area contributed by atoms with Gasteiger partial charge in [0.05, 0.1) is 24.0 Å². The molecule has 4 rings (SSSR count). The molecule has 8 nitrogen and oxygen atoms in total. The van der Waals surface area contributed by atoms with Gasteiger partial charge in [0.15, 0.2) is 0 Å². The van der Waals surface area contributed by atoms with Gasteiger partial charge in [-0.2, -0.15) is 5.26 Å². The fourth-order valence-corrected chi connectivity index (χ4v) is 6.18. The van der Waals surface area contributed by atoms with Crippen molar-refractivity contribution in [2.45, 2.75) is 46.7 Å². The maximum Gasteiger partial charge on any atom is 0.310 e. The molecule has 204 valence electrons. The summed E-state index contributed by atoms with van der Waals surface area (Å²) >= 11 is 6.64. The number of ether oxygens (including phenoxy) is 1. The number of carbonyl (C=O) groups excluding carboxylic acids is 2. The summed E-state index contributed by atoms with van der Waals surface area (Å²) in [6.45, 7) is 7.03. The summed E-state index contributed by atoms with van der Waals surface area (Å²) in [7, 11) is 0. The number of thioether (sulfide) groups is 1. The molecule has 2 fully saturated rings. The van der Waals surface area contributed by atoms with Crippen LogP contribution in [0.25, 0.3) is 6.08 Å². The lowest BCUT2D eigenvalue weighted by Gasteiger charge is -2.36. The van der Waals surface area contributed by atoms with Crippen LogP contribution >= 0.6 is 24.0 Å². The Morgan fingerprint density at radius 1 is 1.28 bits per heavy atom. The second-order valence-electron chi connectivity index (χ2n) is 9.33. The Hall–Kier alpha value is -3.49. The smallest absolute Gasteiger partial charge is 0.310 e. The van der Waals surface area contributed by atoms with Crippen molar-refractivity contribution < 1.29 is 18.7 Å². The molecule has 0 bridgehead atoms. The number of benzene rings is 1. The lowest BCUT2D eigenvalue weighted by Crippen LogP contribution is -2.43. The third kappa shape index (κ3) is 5.77. The van der Waals surface area contributed by atoms with Gasteiger partial charge in [-0.05, 0) is 62.9 Å². The van der Waals surface area contributed by atoms with Crippen molar-refractivity contribution in [3.63, 3.8) is 0 Å². The van der Waals surface area contributed by atoms with E-state index in [1.807, 2.05) is 17.9 Å². The van der Waals surface area contributed by atoms with Gasteiger partial charge in [0.25, 0.3) is 11.5 Å². The van der Waals surface area contributed by atoms with E-state index in [-0.39, 0.29) is 42.3 Å². The largest absolute Gasteiger partial charge is 0.466 e. The van der Waals surface area contributed by atoms with Crippen molar-refractivity contribution in [3.05, 3.63) is 67.6 Å². The Balaban J connectivity index is 1.78. The van der Waals surface area contributed by atoms with E-state index in [9.17, 15) is 24.0 Å². The molecule has 0 radical (unpaired) electrons. The Labute approximate surface area is 236 Å². The molecular formula is C28H29FN4O4S2. The molecule has 0 aliphatic carbocycles. The molecule has 1 aromatic heterocycles. The molecule has 0 N–H and O–H groups in total. The predicted octanol–water partition coefficient (Wildman–Crippen LogP) is 4.37. The van der Waals surface area contributed by atoms with Crippen molar-refractivity contribution in [2.75, 3.05) is 24.6 Å². The Morgan fingerprint density at radius 3 is 2.64 bits per heavy atom. The van der Waals surface area contributed by atoms with E-state index in [1.165, 1.54) is 21.6 Å². The molecule has 11 heteroatoms. The minimum atomic E-state index is -0.410. The highest BCUT2D eigenvalue weighted by atomic mass is 32.2. The van der Waals surface area contributed by atoms with E-state index in [4.69, 9.17) is 17.0 Å². The molecule has 0 spiro atoms. The van der Waals surface area contributed by atoms with Crippen LogP contribution in [0.1, 0.15) is 48.9 Å². The number of nitrogens with zero attached hydrogens (tertiary/aromatic N) is 4. The third-order valence-electron chi connectivity index (χ3n) is 6.91. The second kappa shape index (κ2) is 12.1. The number of pyridine rings is 1. The van der Waals surface area contributed by atoms with Gasteiger partial charge in [0, 0.05) is 25.2 Å². The highest BCUT2D eigenvalue weighted by Crippen LogP contribution is 2.37. The van der Waals surface area contributed by atoms with Gasteiger partial charge in [0.2, 0.25) is 0 Å². The zero-order chi connectivity index (χ0) is 28.3. The van der Waals surface area contributed by atoms with E-state index in [0.29, 0.717) is 52.2 Å². The van der Waals surface area contributed by atoms with Crippen LogP contribution in [-0.4, -0.2) is 45.4 Å². The van der Waals surface area contributed by atoms with Crippen LogP contribution in [0.15, 0.2) is 34.0 Å². The first-order chi connectivity index (χ1) is 18.7. The van der Waals surface area contributed by atoms with Crippen molar-refractivity contribution in [1.29, 1.82) is 5.26 Å². The van der Waals surface area contributed by atoms with Crippen molar-refractivity contribution in [1.82, 2.24) is 9.47 Å². The molecule has 1 aromatic carbocycles. The van der Waals surface area contributed by atoms with Crippen molar-refractivity contribution in [2.24, 2.45) is 5.92 Å². The zero-order valence-electron chi connectivity index (χ0n) is 22.0. The van der Waals surface area contributed by atoms with Crippen molar-refractivity contribution in [3.8, 4) is 6.07 Å². The predicted molar refractivity (Wildman–Crippen MR) is 153 cm³/mol. The number of nitriles is 1. The molecule has 1 unspecified atom stereocenters. The molecule has 39 heavy (non-hydrogen) atoms. The quantitative estimate of drug-likeness (QED) is 0.276. The SMILES string of the molecule is CCOC(=O)C1CCCN(c2c(C=C3SC(=S)N(Cc4ccc(F)cc4)C3=O)c(C)c(C#N)c(=O)n2CC)C1. The Morgan fingerprint density at radius 2 is 2.00 bits per heavy atom. The fourth-order valence-electron chi connectivity index (χ4n) is 4.94. The summed E-state index contributed by atoms with van der Waals surface area (Å²) in [6, 6.07) is 7.90. The first-order valence-electron chi connectivity index (χ1n) is 12.8. The molecule has 0 saturated carbocycles. The number of carbonyl (C=O) groups is 2. The van der Waals surface area contributed by atoms with E-state index in [1.54, 1.807) is 32.1 Å². The van der Waals surface area contributed by atoms with Gasteiger partial charge in [-0.3, -0.25) is 23.9 Å². The monoisotopic (exact) mass is 568 g/mol. The molecule has 2 aliphatic heterocycles. The normalized spacial score (nSPS) is 18.5. The Kier molecular flexibility index (Phi) is 8.87. The second-order valence-corrected chi connectivity index (χ2v) is 11.0. The van der Waals surface area contributed by atoms with Gasteiger partial charge in [-0.1, -0.05) is 36.1 Å².